The summed E-state index contributed by atoms with van der Waals surface area (Å²) in [5, 5.41) is 2.93. The van der Waals surface area contributed by atoms with Crippen molar-refractivity contribution in [1.29, 1.82) is 0 Å². The van der Waals surface area contributed by atoms with Crippen LogP contribution in [0.1, 0.15) is 18.5 Å². The number of methoxy groups -OCH3 is 1. The van der Waals surface area contributed by atoms with E-state index in [1.807, 2.05) is 37.3 Å². The summed E-state index contributed by atoms with van der Waals surface area (Å²) < 4.78 is 4.80. The zero-order valence-corrected chi connectivity index (χ0v) is 9.81. The number of aliphatic imine (C=N–C) groups is 1. The van der Waals surface area contributed by atoms with E-state index in [1.54, 1.807) is 6.34 Å². The molecule has 1 aliphatic rings. The molecule has 1 aromatic rings. The molecule has 0 aromatic heterocycles. The Morgan fingerprint density at radius 1 is 1.35 bits per heavy atom. The number of hydrogen-bond acceptors (Lipinski definition) is 4. The number of benzene rings is 1. The lowest BCUT2D eigenvalue weighted by Gasteiger charge is -2.21. The van der Waals surface area contributed by atoms with Crippen LogP contribution in [0.3, 0.4) is 0 Å². The maximum Gasteiger partial charge on any atom is 0.338 e. The molecule has 1 aromatic carbocycles. The van der Waals surface area contributed by atoms with Gasteiger partial charge in [-0.15, -0.1) is 0 Å². The molecule has 1 unspecified atom stereocenters. The van der Waals surface area contributed by atoms with Gasteiger partial charge < -0.3 is 10.1 Å². The van der Waals surface area contributed by atoms with Crippen LogP contribution in [0, 0.1) is 0 Å². The highest BCUT2D eigenvalue weighted by Gasteiger charge is 2.26. The molecule has 1 aliphatic heterocycles. The topological polar surface area (TPSA) is 50.7 Å². The average Bonchev–Trinajstić information content (AvgIpc) is 2.38. The Balaban J connectivity index is 2.42. The van der Waals surface area contributed by atoms with Crippen LogP contribution in [-0.4, -0.2) is 19.4 Å². The average molecular weight is 230 g/mol. The van der Waals surface area contributed by atoms with Gasteiger partial charge in [0.25, 0.3) is 0 Å². The fraction of sp³-hybridized carbons (Fsp3) is 0.231. The van der Waals surface area contributed by atoms with Crippen LogP contribution >= 0.6 is 0 Å². The van der Waals surface area contributed by atoms with Crippen molar-refractivity contribution in [2.45, 2.75) is 13.0 Å². The van der Waals surface area contributed by atoms with Crippen LogP contribution in [0.5, 0.6) is 0 Å². The van der Waals surface area contributed by atoms with Crippen molar-refractivity contribution in [2.75, 3.05) is 7.11 Å². The molecule has 0 aliphatic carbocycles. The summed E-state index contributed by atoms with van der Waals surface area (Å²) in [5.41, 5.74) is 2.31. The van der Waals surface area contributed by atoms with E-state index in [1.165, 1.54) is 7.11 Å². The van der Waals surface area contributed by atoms with Crippen LogP contribution in [0.4, 0.5) is 0 Å². The van der Waals surface area contributed by atoms with Crippen molar-refractivity contribution in [3.05, 3.63) is 47.2 Å². The van der Waals surface area contributed by atoms with Gasteiger partial charge in [0, 0.05) is 5.70 Å². The van der Waals surface area contributed by atoms with E-state index >= 15 is 0 Å². The van der Waals surface area contributed by atoms with Gasteiger partial charge >= 0.3 is 5.97 Å². The SMILES string of the molecule is COC(=O)C1=C(C)NC=NC1c1ccccc1. The first-order valence-corrected chi connectivity index (χ1v) is 5.36. The van der Waals surface area contributed by atoms with E-state index in [2.05, 4.69) is 10.3 Å². The molecule has 17 heavy (non-hydrogen) atoms. The molecule has 0 spiro atoms. The van der Waals surface area contributed by atoms with E-state index in [-0.39, 0.29) is 12.0 Å². The summed E-state index contributed by atoms with van der Waals surface area (Å²) in [5.74, 6) is -0.347. The minimum Gasteiger partial charge on any atom is -0.466 e. The maximum absolute atomic E-state index is 11.8. The van der Waals surface area contributed by atoms with Crippen molar-refractivity contribution in [3.8, 4) is 0 Å². The van der Waals surface area contributed by atoms with Gasteiger partial charge in [-0.3, -0.25) is 4.99 Å². The van der Waals surface area contributed by atoms with Gasteiger partial charge in [0.2, 0.25) is 0 Å². The van der Waals surface area contributed by atoms with Crippen molar-refractivity contribution in [3.63, 3.8) is 0 Å². The molecule has 0 fully saturated rings. The van der Waals surface area contributed by atoms with Crippen molar-refractivity contribution in [2.24, 2.45) is 4.99 Å². The lowest BCUT2D eigenvalue weighted by molar-refractivity contribution is -0.136. The fourth-order valence-electron chi connectivity index (χ4n) is 1.83. The molecular weight excluding hydrogens is 216 g/mol. The number of hydrogen-bond donors (Lipinski definition) is 1. The number of allylic oxidation sites excluding steroid dienone is 1. The number of esters is 1. The van der Waals surface area contributed by atoms with Gasteiger partial charge in [0.15, 0.2) is 0 Å². The van der Waals surface area contributed by atoms with E-state index < -0.39 is 0 Å². The van der Waals surface area contributed by atoms with E-state index in [0.717, 1.165) is 11.3 Å². The lowest BCUT2D eigenvalue weighted by Crippen LogP contribution is -2.25. The smallest absolute Gasteiger partial charge is 0.338 e. The number of carbonyl (C=O) groups is 1. The number of ether oxygens (including phenoxy) is 1. The second-order valence-corrected chi connectivity index (χ2v) is 3.77. The minimum atomic E-state index is -0.347. The number of nitrogens with one attached hydrogen (secondary N) is 1. The Hall–Kier alpha value is -2.10. The Labute approximate surface area is 100 Å². The zero-order chi connectivity index (χ0) is 12.3. The van der Waals surface area contributed by atoms with Crippen LogP contribution < -0.4 is 5.32 Å². The number of carbonyl (C=O) groups excluding carboxylic acids is 1. The van der Waals surface area contributed by atoms with E-state index in [4.69, 9.17) is 4.74 Å². The van der Waals surface area contributed by atoms with Crippen LogP contribution in [-0.2, 0) is 9.53 Å². The summed E-state index contributed by atoms with van der Waals surface area (Å²) in [7, 11) is 1.38. The predicted octanol–water partition coefficient (Wildman–Crippen LogP) is 1.81. The zero-order valence-electron chi connectivity index (χ0n) is 9.81. The molecule has 2 rings (SSSR count). The Morgan fingerprint density at radius 2 is 2.06 bits per heavy atom. The Bertz CT molecular complexity index is 477. The minimum absolute atomic E-state index is 0.287. The molecule has 0 bridgehead atoms. The second-order valence-electron chi connectivity index (χ2n) is 3.77. The third kappa shape index (κ3) is 2.20. The summed E-state index contributed by atoms with van der Waals surface area (Å²) in [6.45, 7) is 1.84. The number of nitrogens with zero attached hydrogens (tertiary/aromatic N) is 1. The molecule has 88 valence electrons. The van der Waals surface area contributed by atoms with E-state index in [0.29, 0.717) is 5.57 Å². The normalized spacial score (nSPS) is 18.8. The molecule has 0 saturated carbocycles. The third-order valence-corrected chi connectivity index (χ3v) is 2.70. The Morgan fingerprint density at radius 3 is 2.71 bits per heavy atom. The molecule has 0 saturated heterocycles. The second kappa shape index (κ2) is 4.82. The molecule has 1 heterocycles. The van der Waals surface area contributed by atoms with Crippen molar-refractivity contribution in [1.82, 2.24) is 5.32 Å². The van der Waals surface area contributed by atoms with Crippen LogP contribution in [0.25, 0.3) is 0 Å². The van der Waals surface area contributed by atoms with Gasteiger partial charge in [-0.25, -0.2) is 4.79 Å². The predicted molar refractivity (Wildman–Crippen MR) is 65.5 cm³/mol. The molecule has 0 amide bonds. The Kier molecular flexibility index (Phi) is 3.23. The summed E-state index contributed by atoms with van der Waals surface area (Å²) in [6.07, 6.45) is 1.61. The van der Waals surface area contributed by atoms with Gasteiger partial charge in [-0.05, 0) is 12.5 Å². The highest BCUT2D eigenvalue weighted by molar-refractivity contribution is 5.92. The standard InChI is InChI=1S/C13H14N2O2/c1-9-11(13(16)17-2)12(15-8-14-9)10-6-4-3-5-7-10/h3-8,12H,1-2H3,(H,14,15). The van der Waals surface area contributed by atoms with Crippen molar-refractivity contribution >= 4 is 12.3 Å². The first-order chi connectivity index (χ1) is 8.24. The molecule has 4 heteroatoms. The first-order valence-electron chi connectivity index (χ1n) is 5.36. The quantitative estimate of drug-likeness (QED) is 0.788. The maximum atomic E-state index is 11.8. The van der Waals surface area contributed by atoms with Gasteiger partial charge in [0.1, 0.15) is 6.04 Å². The number of rotatable bonds is 2. The summed E-state index contributed by atoms with van der Waals surface area (Å²) in [6, 6.07) is 9.40. The van der Waals surface area contributed by atoms with Gasteiger partial charge in [0.05, 0.1) is 19.0 Å². The van der Waals surface area contributed by atoms with Gasteiger partial charge in [-0.2, -0.15) is 0 Å². The highest BCUT2D eigenvalue weighted by Crippen LogP contribution is 2.29. The molecule has 1 atom stereocenters. The van der Waals surface area contributed by atoms with Crippen LogP contribution in [0.2, 0.25) is 0 Å². The third-order valence-electron chi connectivity index (χ3n) is 2.70. The fourth-order valence-corrected chi connectivity index (χ4v) is 1.83. The monoisotopic (exact) mass is 230 g/mol. The van der Waals surface area contributed by atoms with E-state index in [9.17, 15) is 4.79 Å². The molecule has 0 radical (unpaired) electrons. The molecule has 4 nitrogen and oxygen atoms in total. The largest absolute Gasteiger partial charge is 0.466 e. The highest BCUT2D eigenvalue weighted by atomic mass is 16.5. The molecule has 1 N–H and O–H groups in total. The molecular formula is C13H14N2O2. The summed E-state index contributed by atoms with van der Waals surface area (Å²) in [4.78, 5) is 16.1. The van der Waals surface area contributed by atoms with Crippen molar-refractivity contribution < 1.29 is 9.53 Å². The van der Waals surface area contributed by atoms with Gasteiger partial charge in [-0.1, -0.05) is 30.3 Å². The summed E-state index contributed by atoms with van der Waals surface area (Å²) >= 11 is 0. The first kappa shape index (κ1) is 11.4. The lowest BCUT2D eigenvalue weighted by atomic mass is 9.97. The van der Waals surface area contributed by atoms with Crippen LogP contribution in [0.15, 0.2) is 46.6 Å².